The molecule has 30 heavy (non-hydrogen) atoms. The predicted molar refractivity (Wildman–Crippen MR) is 132 cm³/mol. The maximum atomic E-state index is 2.48. The van der Waals surface area contributed by atoms with Gasteiger partial charge in [0.05, 0.1) is 0 Å². The van der Waals surface area contributed by atoms with Gasteiger partial charge in [-0.15, -0.1) is 0 Å². The molecule has 0 aliphatic heterocycles. The third-order valence-electron chi connectivity index (χ3n) is 7.88. The maximum Gasteiger partial charge on any atom is -0.0162 e. The SMILES string of the molecule is CCCCC1CCC(c2ccc(-c3ccc(C4=CCC(CC)CC4)cc3)cc2)CC1. The molecule has 1 atom stereocenters. The number of unbranched alkanes of at least 4 members (excludes halogenated alkanes) is 1. The quantitative estimate of drug-likeness (QED) is 0.434. The normalized spacial score (nSPS) is 24.5. The average Bonchev–Trinajstić information content (AvgIpc) is 2.83. The van der Waals surface area contributed by atoms with Crippen LogP contribution in [-0.4, -0.2) is 0 Å². The van der Waals surface area contributed by atoms with Crippen LogP contribution in [0.3, 0.4) is 0 Å². The Labute approximate surface area is 184 Å². The molecule has 0 radical (unpaired) electrons. The lowest BCUT2D eigenvalue weighted by molar-refractivity contribution is 0.304. The van der Waals surface area contributed by atoms with Gasteiger partial charge in [-0.25, -0.2) is 0 Å². The van der Waals surface area contributed by atoms with Crippen LogP contribution in [0.4, 0.5) is 0 Å². The van der Waals surface area contributed by atoms with Gasteiger partial charge in [0.25, 0.3) is 0 Å². The molecular weight excluding hydrogens is 360 g/mol. The van der Waals surface area contributed by atoms with Crippen molar-refractivity contribution in [3.8, 4) is 11.1 Å². The highest BCUT2D eigenvalue weighted by atomic mass is 14.3. The molecule has 0 heteroatoms. The van der Waals surface area contributed by atoms with Crippen LogP contribution < -0.4 is 0 Å². The zero-order valence-electron chi connectivity index (χ0n) is 19.2. The summed E-state index contributed by atoms with van der Waals surface area (Å²) in [4.78, 5) is 0. The van der Waals surface area contributed by atoms with Crippen LogP contribution in [0.1, 0.15) is 102 Å². The number of allylic oxidation sites excluding steroid dienone is 2. The summed E-state index contributed by atoms with van der Waals surface area (Å²) in [6, 6.07) is 18.8. The fourth-order valence-electron chi connectivity index (χ4n) is 5.62. The molecule has 2 aliphatic rings. The Balaban J connectivity index is 1.36. The zero-order valence-corrected chi connectivity index (χ0v) is 19.2. The van der Waals surface area contributed by atoms with Crippen LogP contribution in [0.15, 0.2) is 54.6 Å². The summed E-state index contributed by atoms with van der Waals surface area (Å²) in [5, 5.41) is 0. The van der Waals surface area contributed by atoms with Gasteiger partial charge < -0.3 is 0 Å². The van der Waals surface area contributed by atoms with Gasteiger partial charge in [0, 0.05) is 0 Å². The first-order valence-electron chi connectivity index (χ1n) is 12.7. The van der Waals surface area contributed by atoms with Crippen LogP contribution >= 0.6 is 0 Å². The fourth-order valence-corrected chi connectivity index (χ4v) is 5.62. The highest BCUT2D eigenvalue weighted by molar-refractivity contribution is 5.71. The van der Waals surface area contributed by atoms with E-state index in [9.17, 15) is 0 Å². The van der Waals surface area contributed by atoms with Crippen molar-refractivity contribution in [1.29, 1.82) is 0 Å². The monoisotopic (exact) mass is 400 g/mol. The molecule has 0 aromatic heterocycles. The standard InChI is InChI=1S/C30H40/c1-3-5-6-24-9-13-26(14-10-24)28-17-21-30(22-18-28)29-19-15-27(16-20-29)25-11-7-23(4-2)8-12-25/h11,15-24,26H,3-10,12-14H2,1-2H3. The van der Waals surface area contributed by atoms with E-state index in [1.165, 1.54) is 87.3 Å². The minimum absolute atomic E-state index is 0.782. The third-order valence-corrected chi connectivity index (χ3v) is 7.88. The molecule has 1 unspecified atom stereocenters. The van der Waals surface area contributed by atoms with Gasteiger partial charge in [-0.05, 0) is 90.5 Å². The Hall–Kier alpha value is -1.82. The Morgan fingerprint density at radius 2 is 1.33 bits per heavy atom. The van der Waals surface area contributed by atoms with Crippen molar-refractivity contribution in [2.45, 2.75) is 90.4 Å². The number of benzene rings is 2. The smallest absolute Gasteiger partial charge is 0.0162 e. The van der Waals surface area contributed by atoms with E-state index in [0.29, 0.717) is 0 Å². The molecule has 0 heterocycles. The van der Waals surface area contributed by atoms with E-state index in [2.05, 4.69) is 68.5 Å². The number of hydrogen-bond donors (Lipinski definition) is 0. The zero-order chi connectivity index (χ0) is 20.8. The van der Waals surface area contributed by atoms with Crippen LogP contribution in [0.5, 0.6) is 0 Å². The minimum Gasteiger partial charge on any atom is -0.0804 e. The van der Waals surface area contributed by atoms with Gasteiger partial charge in [0.2, 0.25) is 0 Å². The van der Waals surface area contributed by atoms with Crippen LogP contribution in [0.2, 0.25) is 0 Å². The largest absolute Gasteiger partial charge is 0.0804 e. The van der Waals surface area contributed by atoms with Gasteiger partial charge in [0.15, 0.2) is 0 Å². The maximum absolute atomic E-state index is 2.48. The molecule has 2 aliphatic carbocycles. The van der Waals surface area contributed by atoms with Gasteiger partial charge >= 0.3 is 0 Å². The van der Waals surface area contributed by atoms with Gasteiger partial charge in [0.1, 0.15) is 0 Å². The van der Waals surface area contributed by atoms with E-state index in [1.54, 1.807) is 11.1 Å². The summed E-state index contributed by atoms with van der Waals surface area (Å²) in [6.07, 6.45) is 17.5. The van der Waals surface area contributed by atoms with E-state index in [1.807, 2.05) is 0 Å². The summed E-state index contributed by atoms with van der Waals surface area (Å²) < 4.78 is 0. The molecule has 1 fully saturated rings. The van der Waals surface area contributed by atoms with Crippen molar-refractivity contribution in [1.82, 2.24) is 0 Å². The molecule has 160 valence electrons. The molecule has 0 nitrogen and oxygen atoms in total. The first-order valence-corrected chi connectivity index (χ1v) is 12.7. The predicted octanol–water partition coefficient (Wildman–Crippen LogP) is 9.41. The van der Waals surface area contributed by atoms with Crippen molar-refractivity contribution < 1.29 is 0 Å². The summed E-state index contributed by atoms with van der Waals surface area (Å²) in [7, 11) is 0. The summed E-state index contributed by atoms with van der Waals surface area (Å²) in [5.74, 6) is 2.67. The lowest BCUT2D eigenvalue weighted by Gasteiger charge is -2.29. The molecule has 0 N–H and O–H groups in total. The Kier molecular flexibility index (Phi) is 7.47. The number of rotatable bonds is 7. The van der Waals surface area contributed by atoms with Crippen LogP contribution in [-0.2, 0) is 0 Å². The average molecular weight is 401 g/mol. The van der Waals surface area contributed by atoms with E-state index >= 15 is 0 Å². The summed E-state index contributed by atoms with van der Waals surface area (Å²) in [5.41, 5.74) is 7.23. The van der Waals surface area contributed by atoms with Crippen molar-refractivity contribution in [2.75, 3.05) is 0 Å². The molecule has 0 amide bonds. The third kappa shape index (κ3) is 5.26. The molecule has 2 aromatic rings. The fraction of sp³-hybridized carbons (Fsp3) is 0.533. The molecular formula is C30H40. The lowest BCUT2D eigenvalue weighted by Crippen LogP contribution is -2.13. The topological polar surface area (TPSA) is 0 Å². The Morgan fingerprint density at radius 3 is 1.90 bits per heavy atom. The molecule has 2 aromatic carbocycles. The lowest BCUT2D eigenvalue weighted by atomic mass is 9.77. The number of hydrogen-bond acceptors (Lipinski definition) is 0. The van der Waals surface area contributed by atoms with E-state index < -0.39 is 0 Å². The van der Waals surface area contributed by atoms with E-state index in [0.717, 1.165) is 17.8 Å². The van der Waals surface area contributed by atoms with Gasteiger partial charge in [-0.1, -0.05) is 94.1 Å². The molecule has 0 spiro atoms. The first-order chi connectivity index (χ1) is 14.8. The second-order valence-electron chi connectivity index (χ2n) is 9.84. The van der Waals surface area contributed by atoms with Gasteiger partial charge in [-0.3, -0.25) is 0 Å². The summed E-state index contributed by atoms with van der Waals surface area (Å²) in [6.45, 7) is 4.64. The van der Waals surface area contributed by atoms with E-state index in [4.69, 9.17) is 0 Å². The second-order valence-corrected chi connectivity index (χ2v) is 9.84. The van der Waals surface area contributed by atoms with Crippen molar-refractivity contribution in [2.24, 2.45) is 11.8 Å². The van der Waals surface area contributed by atoms with Crippen molar-refractivity contribution >= 4 is 5.57 Å². The molecule has 0 saturated heterocycles. The molecule has 0 bridgehead atoms. The summed E-state index contributed by atoms with van der Waals surface area (Å²) >= 11 is 0. The first kappa shape index (κ1) is 21.4. The highest BCUT2D eigenvalue weighted by Gasteiger charge is 2.22. The second kappa shape index (κ2) is 10.5. The minimum atomic E-state index is 0.782. The van der Waals surface area contributed by atoms with Crippen molar-refractivity contribution in [3.05, 3.63) is 65.7 Å². The highest BCUT2D eigenvalue weighted by Crippen LogP contribution is 2.38. The van der Waals surface area contributed by atoms with Crippen LogP contribution in [0.25, 0.3) is 16.7 Å². The molecule has 1 saturated carbocycles. The Bertz CT molecular complexity index is 800. The van der Waals surface area contributed by atoms with Gasteiger partial charge in [-0.2, -0.15) is 0 Å². The van der Waals surface area contributed by atoms with E-state index in [-0.39, 0.29) is 0 Å². The van der Waals surface area contributed by atoms with Crippen molar-refractivity contribution in [3.63, 3.8) is 0 Å². The van der Waals surface area contributed by atoms with Crippen LogP contribution in [0, 0.1) is 11.8 Å². The Morgan fingerprint density at radius 1 is 0.700 bits per heavy atom. The molecule has 4 rings (SSSR count).